The molecule has 2 radical (unpaired) electrons. The summed E-state index contributed by atoms with van der Waals surface area (Å²) in [7, 11) is 0. The zero-order valence-corrected chi connectivity index (χ0v) is 13.2. The maximum absolute atomic E-state index is 3.88. The average molecular weight is 264 g/mol. The van der Waals surface area contributed by atoms with E-state index in [1.54, 1.807) is 0 Å². The highest BCUT2D eigenvalue weighted by Crippen LogP contribution is 2.11. The fourth-order valence-electron chi connectivity index (χ4n) is 2.35. The summed E-state index contributed by atoms with van der Waals surface area (Å²) in [5.41, 5.74) is 0. The molecule has 0 aliphatic carbocycles. The normalized spacial score (nSPS) is 11.5. The molecule has 0 aliphatic rings. The van der Waals surface area contributed by atoms with Gasteiger partial charge in [0.25, 0.3) is 0 Å². The van der Waals surface area contributed by atoms with Crippen LogP contribution in [-0.2, 0) is 0 Å². The molecule has 0 atom stereocenters. The molecule has 0 heteroatoms. The molecule has 0 spiro atoms. The molecular formula is C19H36. The Labute approximate surface area is 123 Å². The van der Waals surface area contributed by atoms with Crippen LogP contribution in [0.1, 0.15) is 96.3 Å². The van der Waals surface area contributed by atoms with Gasteiger partial charge in [0, 0.05) is 0 Å². The molecule has 0 aromatic carbocycles. The van der Waals surface area contributed by atoms with Crippen molar-refractivity contribution in [1.82, 2.24) is 0 Å². The van der Waals surface area contributed by atoms with Crippen LogP contribution in [0.15, 0.2) is 12.2 Å². The molecule has 0 N–H and O–H groups in total. The van der Waals surface area contributed by atoms with Crippen molar-refractivity contribution in [2.24, 2.45) is 0 Å². The summed E-state index contributed by atoms with van der Waals surface area (Å²) in [5, 5.41) is 0. The van der Waals surface area contributed by atoms with Gasteiger partial charge in [-0.15, -0.1) is 0 Å². The zero-order chi connectivity index (χ0) is 14.0. The summed E-state index contributed by atoms with van der Waals surface area (Å²) >= 11 is 0. The largest absolute Gasteiger partial charge is 0.0885 e. The first-order chi connectivity index (χ1) is 9.41. The Bertz CT molecular complexity index is 169. The van der Waals surface area contributed by atoms with Crippen LogP contribution in [0.25, 0.3) is 0 Å². The van der Waals surface area contributed by atoms with E-state index >= 15 is 0 Å². The highest BCUT2D eigenvalue weighted by Gasteiger charge is 1.91. The van der Waals surface area contributed by atoms with Crippen LogP contribution in [-0.4, -0.2) is 0 Å². The Morgan fingerprint density at radius 2 is 0.737 bits per heavy atom. The number of allylic oxidation sites excluding steroid dienone is 2. The third kappa shape index (κ3) is 17.7. The SMILES string of the molecule is [CH2]CCCCC/C=C/CCCCCCCCCC[CH2]. The second-order valence-corrected chi connectivity index (χ2v) is 5.64. The van der Waals surface area contributed by atoms with Crippen LogP contribution in [0.4, 0.5) is 0 Å². The van der Waals surface area contributed by atoms with Crippen LogP contribution in [0, 0.1) is 13.8 Å². The molecule has 0 amide bonds. The second kappa shape index (κ2) is 17.7. The van der Waals surface area contributed by atoms with Crippen LogP contribution in [0.2, 0.25) is 0 Å². The maximum Gasteiger partial charge on any atom is -0.0351 e. The maximum atomic E-state index is 3.88. The summed E-state index contributed by atoms with van der Waals surface area (Å²) in [6.45, 7) is 7.75. The van der Waals surface area contributed by atoms with E-state index in [-0.39, 0.29) is 0 Å². The van der Waals surface area contributed by atoms with Crippen LogP contribution >= 0.6 is 0 Å². The number of hydrogen-bond acceptors (Lipinski definition) is 0. The lowest BCUT2D eigenvalue weighted by Crippen LogP contribution is -1.80. The van der Waals surface area contributed by atoms with Crippen LogP contribution in [0.3, 0.4) is 0 Å². The first-order valence-electron chi connectivity index (χ1n) is 8.65. The fourth-order valence-corrected chi connectivity index (χ4v) is 2.35. The van der Waals surface area contributed by atoms with E-state index < -0.39 is 0 Å². The molecule has 19 heavy (non-hydrogen) atoms. The summed E-state index contributed by atoms with van der Waals surface area (Å²) in [6.07, 6.45) is 24.8. The van der Waals surface area contributed by atoms with Gasteiger partial charge in [-0.1, -0.05) is 96.6 Å². The summed E-state index contributed by atoms with van der Waals surface area (Å²) in [6, 6.07) is 0. The predicted octanol–water partition coefficient (Wildman–Crippen LogP) is 7.06. The fraction of sp³-hybridized carbons (Fsp3) is 0.789. The van der Waals surface area contributed by atoms with Crippen molar-refractivity contribution < 1.29 is 0 Å². The van der Waals surface area contributed by atoms with Crippen molar-refractivity contribution in [2.75, 3.05) is 0 Å². The number of rotatable bonds is 15. The van der Waals surface area contributed by atoms with Crippen molar-refractivity contribution in [3.05, 3.63) is 26.0 Å². The Kier molecular flexibility index (Phi) is 17.5. The average Bonchev–Trinajstić information content (AvgIpc) is 2.43. The Balaban J connectivity index is 2.99. The van der Waals surface area contributed by atoms with E-state index in [1.165, 1.54) is 83.5 Å². The van der Waals surface area contributed by atoms with Gasteiger partial charge in [0.2, 0.25) is 0 Å². The van der Waals surface area contributed by atoms with Gasteiger partial charge < -0.3 is 0 Å². The summed E-state index contributed by atoms with van der Waals surface area (Å²) in [5.74, 6) is 0. The molecule has 0 aliphatic heterocycles. The van der Waals surface area contributed by atoms with E-state index in [0.29, 0.717) is 0 Å². The molecule has 0 heterocycles. The minimum Gasteiger partial charge on any atom is -0.0885 e. The molecular weight excluding hydrogens is 228 g/mol. The quantitative estimate of drug-likeness (QED) is 0.219. The van der Waals surface area contributed by atoms with E-state index in [1.807, 2.05) is 0 Å². The Hall–Kier alpha value is -0.260. The minimum atomic E-state index is 1.10. The lowest BCUT2D eigenvalue weighted by atomic mass is 10.1. The lowest BCUT2D eigenvalue weighted by Gasteiger charge is -2.00. The molecule has 0 saturated heterocycles. The van der Waals surface area contributed by atoms with Gasteiger partial charge >= 0.3 is 0 Å². The van der Waals surface area contributed by atoms with Crippen molar-refractivity contribution in [3.63, 3.8) is 0 Å². The molecule has 0 rings (SSSR count). The van der Waals surface area contributed by atoms with Crippen LogP contribution in [0.5, 0.6) is 0 Å². The first-order valence-corrected chi connectivity index (χ1v) is 8.65. The van der Waals surface area contributed by atoms with E-state index in [2.05, 4.69) is 26.0 Å². The summed E-state index contributed by atoms with van der Waals surface area (Å²) in [4.78, 5) is 0. The number of hydrogen-bond donors (Lipinski definition) is 0. The van der Waals surface area contributed by atoms with Gasteiger partial charge in [0.1, 0.15) is 0 Å². The molecule has 0 aromatic heterocycles. The van der Waals surface area contributed by atoms with Gasteiger partial charge in [-0.2, -0.15) is 0 Å². The number of unbranched alkanes of at least 4 members (excludes halogenated alkanes) is 13. The Morgan fingerprint density at radius 3 is 1.16 bits per heavy atom. The predicted molar refractivity (Wildman–Crippen MR) is 89.1 cm³/mol. The lowest BCUT2D eigenvalue weighted by molar-refractivity contribution is 0.570. The second-order valence-electron chi connectivity index (χ2n) is 5.64. The highest BCUT2D eigenvalue weighted by molar-refractivity contribution is 4.81. The summed E-state index contributed by atoms with van der Waals surface area (Å²) < 4.78 is 0. The van der Waals surface area contributed by atoms with Gasteiger partial charge in [0.05, 0.1) is 0 Å². The molecule has 0 bridgehead atoms. The van der Waals surface area contributed by atoms with E-state index in [0.717, 1.165) is 12.8 Å². The molecule has 0 nitrogen and oxygen atoms in total. The smallest absolute Gasteiger partial charge is 0.0351 e. The third-order valence-electron chi connectivity index (χ3n) is 3.66. The molecule has 0 unspecified atom stereocenters. The molecule has 0 fully saturated rings. The van der Waals surface area contributed by atoms with Gasteiger partial charge in [-0.25, -0.2) is 0 Å². The minimum absolute atomic E-state index is 1.10. The van der Waals surface area contributed by atoms with Crippen molar-refractivity contribution in [1.29, 1.82) is 0 Å². The monoisotopic (exact) mass is 264 g/mol. The van der Waals surface area contributed by atoms with Crippen molar-refractivity contribution in [3.8, 4) is 0 Å². The van der Waals surface area contributed by atoms with E-state index in [4.69, 9.17) is 0 Å². The van der Waals surface area contributed by atoms with Gasteiger partial charge in [0.15, 0.2) is 0 Å². The highest BCUT2D eigenvalue weighted by atomic mass is 14.0. The molecule has 112 valence electrons. The van der Waals surface area contributed by atoms with Gasteiger partial charge in [-0.05, 0) is 25.7 Å². The molecule has 0 saturated carbocycles. The third-order valence-corrected chi connectivity index (χ3v) is 3.66. The Morgan fingerprint density at radius 1 is 0.421 bits per heavy atom. The molecule has 0 aromatic rings. The standard InChI is InChI=1S/C19H36/c1-3-5-7-9-11-13-15-17-19-18-16-14-12-10-8-6-4-2/h13,15H,1-12,14,16-19H2/b15-13+. The zero-order valence-electron chi connectivity index (χ0n) is 13.2. The van der Waals surface area contributed by atoms with Crippen molar-refractivity contribution in [2.45, 2.75) is 96.3 Å². The first kappa shape index (κ1) is 18.7. The van der Waals surface area contributed by atoms with Crippen LogP contribution < -0.4 is 0 Å². The van der Waals surface area contributed by atoms with Crippen molar-refractivity contribution >= 4 is 0 Å². The topological polar surface area (TPSA) is 0 Å². The van der Waals surface area contributed by atoms with Gasteiger partial charge in [-0.3, -0.25) is 0 Å². The van der Waals surface area contributed by atoms with E-state index in [9.17, 15) is 0 Å².